The lowest BCUT2D eigenvalue weighted by Crippen LogP contribution is -2.46. The van der Waals surface area contributed by atoms with Crippen LogP contribution >= 0.6 is 0 Å². The summed E-state index contributed by atoms with van der Waals surface area (Å²) in [6.45, 7) is 5.99. The Morgan fingerprint density at radius 1 is 1.24 bits per heavy atom. The van der Waals surface area contributed by atoms with Gasteiger partial charge >= 0.3 is 0 Å². The first-order valence-corrected chi connectivity index (χ1v) is 6.12. The number of hydrogen-bond donors (Lipinski definition) is 2. The van der Waals surface area contributed by atoms with E-state index >= 15 is 0 Å². The molecule has 5 heteroatoms. The lowest BCUT2D eigenvalue weighted by molar-refractivity contribution is -0.130. The summed E-state index contributed by atoms with van der Waals surface area (Å²) in [5.74, 6) is -0.0937. The van der Waals surface area contributed by atoms with Crippen molar-refractivity contribution < 1.29 is 9.59 Å². The van der Waals surface area contributed by atoms with Gasteiger partial charge in [-0.25, -0.2) is 0 Å². The quantitative estimate of drug-likeness (QED) is 0.678. The predicted molar refractivity (Wildman–Crippen MR) is 68.7 cm³/mol. The molecular weight excluding hydrogens is 218 g/mol. The normalized spacial score (nSPS) is 13.9. The zero-order valence-electron chi connectivity index (χ0n) is 11.5. The summed E-state index contributed by atoms with van der Waals surface area (Å²) in [6.07, 6.45) is 2.02. The number of carbonyl (C=O) groups is 2. The lowest BCUT2D eigenvalue weighted by Gasteiger charge is -2.18. The SMILES string of the molecule is CCCC(C)NC(=O)CNC(C)C(=O)N(C)C. The first-order chi connectivity index (χ1) is 7.88. The monoisotopic (exact) mass is 243 g/mol. The molecule has 0 aromatic carbocycles. The molecule has 0 heterocycles. The van der Waals surface area contributed by atoms with Crippen molar-refractivity contribution in [3.63, 3.8) is 0 Å². The van der Waals surface area contributed by atoms with Gasteiger partial charge in [-0.2, -0.15) is 0 Å². The average molecular weight is 243 g/mol. The van der Waals surface area contributed by atoms with Gasteiger partial charge in [0.05, 0.1) is 12.6 Å². The van der Waals surface area contributed by atoms with Crippen molar-refractivity contribution in [3.8, 4) is 0 Å². The van der Waals surface area contributed by atoms with E-state index in [9.17, 15) is 9.59 Å². The third-order valence-electron chi connectivity index (χ3n) is 2.51. The fourth-order valence-corrected chi connectivity index (χ4v) is 1.55. The van der Waals surface area contributed by atoms with Crippen molar-refractivity contribution in [2.45, 2.75) is 45.7 Å². The van der Waals surface area contributed by atoms with E-state index in [1.165, 1.54) is 4.90 Å². The molecule has 0 bridgehead atoms. The van der Waals surface area contributed by atoms with Gasteiger partial charge < -0.3 is 10.2 Å². The summed E-state index contributed by atoms with van der Waals surface area (Å²) in [4.78, 5) is 24.5. The summed E-state index contributed by atoms with van der Waals surface area (Å²) >= 11 is 0. The standard InChI is InChI=1S/C12H25N3O2/c1-6-7-9(2)14-11(16)8-13-10(3)12(17)15(4)5/h9-10,13H,6-8H2,1-5H3,(H,14,16). The molecule has 2 amide bonds. The second-order valence-electron chi connectivity index (χ2n) is 4.59. The van der Waals surface area contributed by atoms with Crippen LogP contribution in [-0.4, -0.2) is 49.4 Å². The van der Waals surface area contributed by atoms with Crippen LogP contribution < -0.4 is 10.6 Å². The molecule has 0 spiro atoms. The highest BCUT2D eigenvalue weighted by molar-refractivity contribution is 5.83. The van der Waals surface area contributed by atoms with Gasteiger partial charge in [0.15, 0.2) is 0 Å². The second kappa shape index (κ2) is 8.06. The molecular formula is C12H25N3O2. The molecule has 17 heavy (non-hydrogen) atoms. The van der Waals surface area contributed by atoms with Gasteiger partial charge in [0.1, 0.15) is 0 Å². The number of nitrogens with zero attached hydrogens (tertiary/aromatic N) is 1. The Labute approximate surface area is 104 Å². The third kappa shape index (κ3) is 6.94. The largest absolute Gasteiger partial charge is 0.353 e. The maximum atomic E-state index is 11.5. The Kier molecular flexibility index (Phi) is 7.54. The minimum absolute atomic E-state index is 0.0283. The molecule has 0 saturated heterocycles. The van der Waals surface area contributed by atoms with Crippen LogP contribution in [0.15, 0.2) is 0 Å². The topological polar surface area (TPSA) is 61.4 Å². The zero-order chi connectivity index (χ0) is 13.4. The van der Waals surface area contributed by atoms with E-state index in [2.05, 4.69) is 17.6 Å². The average Bonchev–Trinajstić information content (AvgIpc) is 2.24. The molecule has 5 nitrogen and oxygen atoms in total. The predicted octanol–water partition coefficient (Wildman–Crippen LogP) is 0.358. The van der Waals surface area contributed by atoms with E-state index in [4.69, 9.17) is 0 Å². The minimum Gasteiger partial charge on any atom is -0.353 e. The van der Waals surface area contributed by atoms with Crippen LogP contribution in [0, 0.1) is 0 Å². The Morgan fingerprint density at radius 2 is 1.82 bits per heavy atom. The van der Waals surface area contributed by atoms with Gasteiger partial charge in [0.2, 0.25) is 11.8 Å². The molecule has 0 rings (SSSR count). The van der Waals surface area contributed by atoms with Gasteiger partial charge in [0, 0.05) is 20.1 Å². The van der Waals surface area contributed by atoms with Crippen LogP contribution in [0.1, 0.15) is 33.6 Å². The minimum atomic E-state index is -0.336. The van der Waals surface area contributed by atoms with E-state index in [0.29, 0.717) is 0 Å². The van der Waals surface area contributed by atoms with E-state index < -0.39 is 0 Å². The van der Waals surface area contributed by atoms with Gasteiger partial charge in [-0.3, -0.25) is 14.9 Å². The molecule has 0 aliphatic heterocycles. The Morgan fingerprint density at radius 3 is 2.29 bits per heavy atom. The molecule has 0 radical (unpaired) electrons. The summed E-state index contributed by atoms with van der Waals surface area (Å²) in [7, 11) is 3.40. The van der Waals surface area contributed by atoms with E-state index in [0.717, 1.165) is 12.8 Å². The van der Waals surface area contributed by atoms with Gasteiger partial charge in [-0.05, 0) is 20.3 Å². The molecule has 0 aliphatic rings. The van der Waals surface area contributed by atoms with Crippen LogP contribution in [0.3, 0.4) is 0 Å². The molecule has 2 N–H and O–H groups in total. The lowest BCUT2D eigenvalue weighted by atomic mass is 10.2. The number of carbonyl (C=O) groups excluding carboxylic acids is 2. The molecule has 100 valence electrons. The number of nitrogens with one attached hydrogen (secondary N) is 2. The van der Waals surface area contributed by atoms with Crippen LogP contribution in [-0.2, 0) is 9.59 Å². The third-order valence-corrected chi connectivity index (χ3v) is 2.51. The number of rotatable bonds is 7. The first-order valence-electron chi connectivity index (χ1n) is 6.12. The van der Waals surface area contributed by atoms with Crippen molar-refractivity contribution in [2.75, 3.05) is 20.6 Å². The fourth-order valence-electron chi connectivity index (χ4n) is 1.55. The highest BCUT2D eigenvalue weighted by Gasteiger charge is 2.15. The Hall–Kier alpha value is -1.10. The van der Waals surface area contributed by atoms with Crippen LogP contribution in [0.25, 0.3) is 0 Å². The molecule has 0 aromatic rings. The molecule has 0 aromatic heterocycles. The van der Waals surface area contributed by atoms with Crippen LogP contribution in [0.2, 0.25) is 0 Å². The van der Waals surface area contributed by atoms with Crippen molar-refractivity contribution in [1.82, 2.24) is 15.5 Å². The summed E-state index contributed by atoms with van der Waals surface area (Å²) in [6, 6.07) is -0.147. The number of hydrogen-bond acceptors (Lipinski definition) is 3. The highest BCUT2D eigenvalue weighted by Crippen LogP contribution is 1.94. The maximum absolute atomic E-state index is 11.5. The summed E-state index contributed by atoms with van der Waals surface area (Å²) < 4.78 is 0. The fraction of sp³-hybridized carbons (Fsp3) is 0.833. The Balaban J connectivity index is 3.88. The number of likely N-dealkylation sites (N-methyl/N-ethyl adjacent to an activating group) is 1. The zero-order valence-corrected chi connectivity index (χ0v) is 11.5. The van der Waals surface area contributed by atoms with Gasteiger partial charge in [-0.15, -0.1) is 0 Å². The van der Waals surface area contributed by atoms with Crippen molar-refractivity contribution in [2.24, 2.45) is 0 Å². The van der Waals surface area contributed by atoms with E-state index in [1.807, 2.05) is 6.92 Å². The smallest absolute Gasteiger partial charge is 0.238 e. The van der Waals surface area contributed by atoms with Crippen molar-refractivity contribution in [1.29, 1.82) is 0 Å². The molecule has 0 aliphatic carbocycles. The summed E-state index contributed by atoms with van der Waals surface area (Å²) in [5.41, 5.74) is 0. The van der Waals surface area contributed by atoms with Crippen molar-refractivity contribution in [3.05, 3.63) is 0 Å². The maximum Gasteiger partial charge on any atom is 0.238 e. The molecule has 0 saturated carbocycles. The van der Waals surface area contributed by atoms with E-state index in [-0.39, 0.29) is 30.4 Å². The van der Waals surface area contributed by atoms with E-state index in [1.54, 1.807) is 21.0 Å². The first kappa shape index (κ1) is 15.9. The second-order valence-corrected chi connectivity index (χ2v) is 4.59. The number of amides is 2. The molecule has 2 unspecified atom stereocenters. The van der Waals surface area contributed by atoms with Crippen LogP contribution in [0.5, 0.6) is 0 Å². The highest BCUT2D eigenvalue weighted by atomic mass is 16.2. The van der Waals surface area contributed by atoms with Crippen LogP contribution in [0.4, 0.5) is 0 Å². The van der Waals surface area contributed by atoms with Gasteiger partial charge in [-0.1, -0.05) is 13.3 Å². The molecule has 0 fully saturated rings. The van der Waals surface area contributed by atoms with Crippen molar-refractivity contribution >= 4 is 11.8 Å². The molecule has 2 atom stereocenters. The Bertz CT molecular complexity index is 254. The van der Waals surface area contributed by atoms with Gasteiger partial charge in [0.25, 0.3) is 0 Å². The summed E-state index contributed by atoms with van der Waals surface area (Å²) in [5, 5.41) is 5.79.